The summed E-state index contributed by atoms with van der Waals surface area (Å²) in [6.45, 7) is 13.4. The van der Waals surface area contributed by atoms with Crippen LogP contribution in [-0.2, 0) is 12.0 Å². The van der Waals surface area contributed by atoms with Gasteiger partial charge in [-0.05, 0) is 32.9 Å². The van der Waals surface area contributed by atoms with E-state index in [0.29, 0.717) is 18.4 Å². The van der Waals surface area contributed by atoms with E-state index in [1.807, 2.05) is 32.9 Å². The van der Waals surface area contributed by atoms with E-state index in [1.165, 1.54) is 0 Å². The predicted molar refractivity (Wildman–Crippen MR) is 95.0 cm³/mol. The van der Waals surface area contributed by atoms with Crippen molar-refractivity contribution in [2.75, 3.05) is 6.54 Å². The van der Waals surface area contributed by atoms with Gasteiger partial charge in [0.05, 0.1) is 12.2 Å². The van der Waals surface area contributed by atoms with Crippen LogP contribution in [0.3, 0.4) is 0 Å². The first-order valence-electron chi connectivity index (χ1n) is 8.36. The summed E-state index contributed by atoms with van der Waals surface area (Å²) in [5.74, 6) is 3.96. The van der Waals surface area contributed by atoms with Gasteiger partial charge >= 0.3 is 0 Å². The predicted octanol–water partition coefficient (Wildman–Crippen LogP) is 3.69. The number of furan rings is 1. The molecule has 0 bridgehead atoms. The fraction of sp³-hybridized carbons (Fsp3) is 0.556. The molecule has 6 nitrogen and oxygen atoms in total. The summed E-state index contributed by atoms with van der Waals surface area (Å²) in [7, 11) is 0. The number of oxazole rings is 1. The third-order valence-corrected chi connectivity index (χ3v) is 3.55. The van der Waals surface area contributed by atoms with Crippen molar-refractivity contribution in [1.29, 1.82) is 0 Å². The minimum Gasteiger partial charge on any atom is -0.464 e. The molecule has 0 saturated carbocycles. The van der Waals surface area contributed by atoms with Gasteiger partial charge in [0.15, 0.2) is 5.96 Å². The lowest BCUT2D eigenvalue weighted by Crippen LogP contribution is -2.38. The molecule has 2 aromatic rings. The van der Waals surface area contributed by atoms with Crippen LogP contribution in [0.4, 0.5) is 0 Å². The Bertz CT molecular complexity index is 679. The first-order valence-corrected chi connectivity index (χ1v) is 8.36. The van der Waals surface area contributed by atoms with Crippen LogP contribution in [0.25, 0.3) is 0 Å². The Hall–Kier alpha value is -2.24. The Balaban J connectivity index is 2.03. The van der Waals surface area contributed by atoms with E-state index in [9.17, 15) is 0 Å². The van der Waals surface area contributed by atoms with Crippen molar-refractivity contribution in [2.45, 2.75) is 59.5 Å². The molecule has 24 heavy (non-hydrogen) atoms. The van der Waals surface area contributed by atoms with Gasteiger partial charge in [-0.25, -0.2) is 9.98 Å². The van der Waals surface area contributed by atoms with Crippen molar-refractivity contribution in [3.63, 3.8) is 0 Å². The number of hydrogen-bond donors (Lipinski definition) is 2. The molecule has 0 amide bonds. The maximum absolute atomic E-state index is 5.78. The van der Waals surface area contributed by atoms with Gasteiger partial charge in [0.1, 0.15) is 23.8 Å². The lowest BCUT2D eigenvalue weighted by Gasteiger charge is -2.16. The third kappa shape index (κ3) is 4.88. The number of aliphatic imine (C=N–C) groups is 1. The van der Waals surface area contributed by atoms with Gasteiger partial charge in [-0.1, -0.05) is 20.8 Å². The van der Waals surface area contributed by atoms with E-state index in [2.05, 4.69) is 41.4 Å². The normalized spacial score (nSPS) is 13.8. The molecular weight excluding hydrogens is 304 g/mol. The second-order valence-electron chi connectivity index (χ2n) is 6.88. The molecule has 1 unspecified atom stereocenters. The molecule has 1 atom stereocenters. The maximum atomic E-state index is 5.78. The molecule has 0 radical (unpaired) electrons. The minimum atomic E-state index is -0.0522. The molecular formula is C18H28N4O2. The zero-order valence-electron chi connectivity index (χ0n) is 15.4. The zero-order chi connectivity index (χ0) is 17.7. The zero-order valence-corrected chi connectivity index (χ0v) is 15.4. The Morgan fingerprint density at radius 2 is 2.04 bits per heavy atom. The summed E-state index contributed by atoms with van der Waals surface area (Å²) in [5.41, 5.74) is -0.0522. The second-order valence-corrected chi connectivity index (χ2v) is 6.88. The van der Waals surface area contributed by atoms with Gasteiger partial charge in [0, 0.05) is 12.0 Å². The maximum Gasteiger partial charge on any atom is 0.216 e. The van der Waals surface area contributed by atoms with Crippen molar-refractivity contribution in [1.82, 2.24) is 15.6 Å². The first kappa shape index (κ1) is 18.1. The topological polar surface area (TPSA) is 75.6 Å². The molecule has 0 spiro atoms. The van der Waals surface area contributed by atoms with Crippen LogP contribution in [0.1, 0.15) is 63.8 Å². The second kappa shape index (κ2) is 7.55. The smallest absolute Gasteiger partial charge is 0.216 e. The van der Waals surface area contributed by atoms with E-state index < -0.39 is 0 Å². The van der Waals surface area contributed by atoms with Crippen molar-refractivity contribution >= 4 is 5.96 Å². The lowest BCUT2D eigenvalue weighted by molar-refractivity contribution is 0.383. The molecule has 2 N–H and O–H groups in total. The molecule has 0 fully saturated rings. The fourth-order valence-electron chi connectivity index (χ4n) is 2.16. The molecule has 6 heteroatoms. The van der Waals surface area contributed by atoms with E-state index in [1.54, 1.807) is 6.20 Å². The van der Waals surface area contributed by atoms with Crippen molar-refractivity contribution < 1.29 is 8.83 Å². The monoisotopic (exact) mass is 332 g/mol. The van der Waals surface area contributed by atoms with Crippen LogP contribution in [-0.4, -0.2) is 17.5 Å². The minimum absolute atomic E-state index is 0.0196. The van der Waals surface area contributed by atoms with Gasteiger partial charge in [0.2, 0.25) is 5.89 Å². The number of rotatable bonds is 5. The standard InChI is InChI=1S/C18H28N4O2/c1-7-19-17(22-13(3)14-9-8-12(2)23-14)21-11-16-20-10-15(24-16)18(4,5)6/h8-10,13H,7,11H2,1-6H3,(H2,19,21,22). The Morgan fingerprint density at radius 3 is 2.58 bits per heavy atom. The summed E-state index contributed by atoms with van der Waals surface area (Å²) in [6.07, 6.45) is 1.78. The molecule has 0 aliphatic heterocycles. The van der Waals surface area contributed by atoms with Crippen molar-refractivity contribution in [3.05, 3.63) is 41.5 Å². The van der Waals surface area contributed by atoms with Crippen LogP contribution >= 0.6 is 0 Å². The number of hydrogen-bond acceptors (Lipinski definition) is 4. The number of nitrogens with zero attached hydrogens (tertiary/aromatic N) is 2. The van der Waals surface area contributed by atoms with E-state index in [0.717, 1.165) is 23.8 Å². The highest BCUT2D eigenvalue weighted by Gasteiger charge is 2.19. The van der Waals surface area contributed by atoms with Crippen LogP contribution in [0.5, 0.6) is 0 Å². The molecule has 0 aliphatic rings. The van der Waals surface area contributed by atoms with Crippen LogP contribution in [0, 0.1) is 6.92 Å². The highest BCUT2D eigenvalue weighted by molar-refractivity contribution is 5.80. The number of aryl methyl sites for hydroxylation is 1. The molecule has 2 rings (SSSR count). The molecule has 2 heterocycles. The molecule has 0 saturated heterocycles. The van der Waals surface area contributed by atoms with Gasteiger partial charge in [0.25, 0.3) is 0 Å². The van der Waals surface area contributed by atoms with Gasteiger partial charge in [-0.15, -0.1) is 0 Å². The van der Waals surface area contributed by atoms with E-state index >= 15 is 0 Å². The van der Waals surface area contributed by atoms with Gasteiger partial charge in [-0.3, -0.25) is 0 Å². The number of guanidine groups is 1. The largest absolute Gasteiger partial charge is 0.464 e. The highest BCUT2D eigenvalue weighted by Crippen LogP contribution is 2.22. The first-order chi connectivity index (χ1) is 11.3. The average molecular weight is 332 g/mol. The van der Waals surface area contributed by atoms with Crippen LogP contribution < -0.4 is 10.6 Å². The van der Waals surface area contributed by atoms with Crippen LogP contribution in [0.15, 0.2) is 32.2 Å². The SMILES string of the molecule is CCNC(=NCc1ncc(C(C)(C)C)o1)NC(C)c1ccc(C)o1. The van der Waals surface area contributed by atoms with Gasteiger partial charge < -0.3 is 19.5 Å². The highest BCUT2D eigenvalue weighted by atomic mass is 16.4. The number of nitrogens with one attached hydrogen (secondary N) is 2. The summed E-state index contributed by atoms with van der Waals surface area (Å²) in [4.78, 5) is 8.86. The van der Waals surface area contributed by atoms with Crippen LogP contribution in [0.2, 0.25) is 0 Å². The molecule has 132 valence electrons. The summed E-state index contributed by atoms with van der Waals surface area (Å²) in [6, 6.07) is 3.95. The molecule has 0 aromatic carbocycles. The molecule has 0 aliphatic carbocycles. The van der Waals surface area contributed by atoms with Crippen molar-refractivity contribution in [3.8, 4) is 0 Å². The fourth-order valence-corrected chi connectivity index (χ4v) is 2.16. The summed E-state index contributed by atoms with van der Waals surface area (Å²) < 4.78 is 11.4. The third-order valence-electron chi connectivity index (χ3n) is 3.55. The lowest BCUT2D eigenvalue weighted by atomic mass is 9.94. The Labute approximate surface area is 143 Å². The van der Waals surface area contributed by atoms with Crippen molar-refractivity contribution in [2.24, 2.45) is 4.99 Å². The Morgan fingerprint density at radius 1 is 1.29 bits per heavy atom. The molecule has 2 aromatic heterocycles. The quantitative estimate of drug-likeness (QED) is 0.645. The average Bonchev–Trinajstić information content (AvgIpc) is 3.13. The summed E-state index contributed by atoms with van der Waals surface area (Å²) >= 11 is 0. The summed E-state index contributed by atoms with van der Waals surface area (Å²) in [5, 5.41) is 6.56. The number of aromatic nitrogens is 1. The van der Waals surface area contributed by atoms with E-state index in [-0.39, 0.29) is 11.5 Å². The Kier molecular flexibility index (Phi) is 5.70. The van der Waals surface area contributed by atoms with Gasteiger partial charge in [-0.2, -0.15) is 0 Å². The van der Waals surface area contributed by atoms with E-state index in [4.69, 9.17) is 8.83 Å².